The van der Waals surface area contributed by atoms with Gasteiger partial charge in [-0.2, -0.15) is 10.1 Å². The highest BCUT2D eigenvalue weighted by Gasteiger charge is 2.21. The molecule has 3 aromatic rings. The Morgan fingerprint density at radius 1 is 1.30 bits per heavy atom. The lowest BCUT2D eigenvalue weighted by Gasteiger charge is -2.31. The van der Waals surface area contributed by atoms with E-state index in [1.165, 1.54) is 12.3 Å². The Morgan fingerprint density at radius 3 is 2.70 bits per heavy atom. The first-order valence-corrected chi connectivity index (χ1v) is 10.2. The van der Waals surface area contributed by atoms with Crippen LogP contribution in [-0.2, 0) is 12.1 Å². The van der Waals surface area contributed by atoms with Crippen molar-refractivity contribution in [3.63, 3.8) is 0 Å². The van der Waals surface area contributed by atoms with Gasteiger partial charge in [0.15, 0.2) is 5.65 Å². The zero-order valence-corrected chi connectivity index (χ0v) is 17.4. The SMILES string of the molecule is CC(C)(C)n1ncc2c(=O)[nH]c(NCc3ccc(N4CCC(O)CC4)c(F)c3)nc21. The number of aromatic amines is 1. The van der Waals surface area contributed by atoms with Crippen LogP contribution in [0.25, 0.3) is 11.0 Å². The average Bonchev–Trinajstić information content (AvgIpc) is 3.12. The van der Waals surface area contributed by atoms with Crippen LogP contribution in [0.5, 0.6) is 0 Å². The summed E-state index contributed by atoms with van der Waals surface area (Å²) in [6, 6.07) is 5.11. The van der Waals surface area contributed by atoms with E-state index in [0.29, 0.717) is 55.1 Å². The molecule has 1 saturated heterocycles. The highest BCUT2D eigenvalue weighted by atomic mass is 19.1. The number of nitrogens with zero attached hydrogens (tertiary/aromatic N) is 4. The van der Waals surface area contributed by atoms with Crippen LogP contribution in [-0.4, -0.2) is 44.0 Å². The van der Waals surface area contributed by atoms with Crippen molar-refractivity contribution in [3.8, 4) is 0 Å². The van der Waals surface area contributed by atoms with Gasteiger partial charge in [0.05, 0.1) is 23.5 Å². The Labute approximate surface area is 173 Å². The van der Waals surface area contributed by atoms with E-state index >= 15 is 0 Å². The van der Waals surface area contributed by atoms with Gasteiger partial charge in [-0.25, -0.2) is 9.07 Å². The van der Waals surface area contributed by atoms with E-state index in [4.69, 9.17) is 0 Å². The second kappa shape index (κ2) is 7.71. The van der Waals surface area contributed by atoms with Gasteiger partial charge in [-0.15, -0.1) is 0 Å². The Hall–Kier alpha value is -2.94. The fourth-order valence-electron chi connectivity index (χ4n) is 3.70. The van der Waals surface area contributed by atoms with Crippen LogP contribution in [0.3, 0.4) is 0 Å². The van der Waals surface area contributed by atoms with Gasteiger partial charge in [0.1, 0.15) is 11.2 Å². The number of H-pyrrole nitrogens is 1. The number of aliphatic hydroxyl groups excluding tert-OH is 1. The maximum atomic E-state index is 14.7. The van der Waals surface area contributed by atoms with Crippen molar-refractivity contribution in [1.29, 1.82) is 0 Å². The first-order chi connectivity index (χ1) is 14.2. The summed E-state index contributed by atoms with van der Waals surface area (Å²) in [7, 11) is 0. The molecule has 0 radical (unpaired) electrons. The molecule has 2 aromatic heterocycles. The minimum absolute atomic E-state index is 0.271. The van der Waals surface area contributed by atoms with Gasteiger partial charge in [-0.1, -0.05) is 6.07 Å². The molecule has 1 aromatic carbocycles. The van der Waals surface area contributed by atoms with Crippen LogP contribution < -0.4 is 15.8 Å². The molecule has 1 aliphatic rings. The number of fused-ring (bicyclic) bond motifs is 1. The molecule has 3 N–H and O–H groups in total. The largest absolute Gasteiger partial charge is 0.393 e. The molecular formula is C21H27FN6O2. The lowest BCUT2D eigenvalue weighted by Crippen LogP contribution is -2.36. The number of halogens is 1. The molecule has 0 unspecified atom stereocenters. The van der Waals surface area contributed by atoms with Gasteiger partial charge in [-0.05, 0) is 51.3 Å². The standard InChI is InChI=1S/C21H27FN6O2/c1-21(2,3)28-18-15(12-24-28)19(30)26-20(25-18)23-11-13-4-5-17(16(22)10-13)27-8-6-14(29)7-9-27/h4-5,10,12,14,29H,6-9,11H2,1-3H3,(H2,23,25,26,30). The van der Waals surface area contributed by atoms with E-state index < -0.39 is 0 Å². The first-order valence-electron chi connectivity index (χ1n) is 10.2. The zero-order chi connectivity index (χ0) is 21.5. The molecule has 0 saturated carbocycles. The van der Waals surface area contributed by atoms with Crippen LogP contribution in [0, 0.1) is 5.82 Å². The third-order valence-corrected chi connectivity index (χ3v) is 5.35. The zero-order valence-electron chi connectivity index (χ0n) is 17.4. The highest BCUT2D eigenvalue weighted by Crippen LogP contribution is 2.25. The van der Waals surface area contributed by atoms with Crippen molar-refractivity contribution >= 4 is 22.7 Å². The van der Waals surface area contributed by atoms with Gasteiger partial charge in [-0.3, -0.25) is 9.78 Å². The van der Waals surface area contributed by atoms with E-state index in [9.17, 15) is 14.3 Å². The molecule has 0 aliphatic carbocycles. The van der Waals surface area contributed by atoms with Crippen molar-refractivity contribution in [2.45, 2.75) is 51.8 Å². The van der Waals surface area contributed by atoms with Gasteiger partial charge in [0.2, 0.25) is 5.95 Å². The summed E-state index contributed by atoms with van der Waals surface area (Å²) in [4.78, 5) is 21.6. The summed E-state index contributed by atoms with van der Waals surface area (Å²) in [6.07, 6.45) is 2.52. The van der Waals surface area contributed by atoms with Gasteiger partial charge in [0.25, 0.3) is 5.56 Å². The van der Waals surface area contributed by atoms with E-state index in [1.807, 2.05) is 31.7 Å². The Kier molecular flexibility index (Phi) is 5.23. The maximum absolute atomic E-state index is 14.7. The van der Waals surface area contributed by atoms with Crippen molar-refractivity contribution in [1.82, 2.24) is 19.7 Å². The Bertz CT molecular complexity index is 1110. The number of hydrogen-bond acceptors (Lipinski definition) is 6. The normalized spacial score (nSPS) is 15.7. The molecule has 1 fully saturated rings. The minimum Gasteiger partial charge on any atom is -0.393 e. The molecule has 160 valence electrons. The monoisotopic (exact) mass is 414 g/mol. The van der Waals surface area contributed by atoms with Crippen molar-refractivity contribution < 1.29 is 9.50 Å². The van der Waals surface area contributed by atoms with Crippen LogP contribution in [0.2, 0.25) is 0 Å². The fraction of sp³-hybridized carbons (Fsp3) is 0.476. The number of nitrogens with one attached hydrogen (secondary N) is 2. The summed E-state index contributed by atoms with van der Waals surface area (Å²) in [5.74, 6) is 0.0152. The third kappa shape index (κ3) is 4.02. The van der Waals surface area contributed by atoms with Crippen LogP contribution in [0.1, 0.15) is 39.2 Å². The van der Waals surface area contributed by atoms with Crippen LogP contribution in [0.4, 0.5) is 16.0 Å². The summed E-state index contributed by atoms with van der Waals surface area (Å²) in [6.45, 7) is 7.56. The maximum Gasteiger partial charge on any atom is 0.263 e. The second-order valence-corrected chi connectivity index (χ2v) is 8.74. The molecule has 0 amide bonds. The summed E-state index contributed by atoms with van der Waals surface area (Å²) in [5, 5.41) is 17.4. The summed E-state index contributed by atoms with van der Waals surface area (Å²) < 4.78 is 16.4. The van der Waals surface area contributed by atoms with E-state index in [2.05, 4.69) is 20.4 Å². The fourth-order valence-corrected chi connectivity index (χ4v) is 3.70. The summed E-state index contributed by atoms with van der Waals surface area (Å²) in [5.41, 5.74) is 1.20. The van der Waals surface area contributed by atoms with Crippen LogP contribution in [0.15, 0.2) is 29.2 Å². The molecule has 9 heteroatoms. The van der Waals surface area contributed by atoms with E-state index in [1.54, 1.807) is 10.7 Å². The molecule has 0 spiro atoms. The Balaban J connectivity index is 1.51. The van der Waals surface area contributed by atoms with Gasteiger partial charge >= 0.3 is 0 Å². The molecule has 0 atom stereocenters. The number of aliphatic hydroxyl groups is 1. The number of hydrogen-bond donors (Lipinski definition) is 3. The van der Waals surface area contributed by atoms with E-state index in [0.717, 1.165) is 5.56 Å². The number of aromatic nitrogens is 4. The molecule has 3 heterocycles. The van der Waals surface area contributed by atoms with Crippen molar-refractivity contribution in [2.75, 3.05) is 23.3 Å². The van der Waals surface area contributed by atoms with E-state index in [-0.39, 0.29) is 23.0 Å². The quantitative estimate of drug-likeness (QED) is 0.607. The molecule has 4 rings (SSSR count). The predicted molar refractivity (Wildman–Crippen MR) is 114 cm³/mol. The number of anilines is 2. The van der Waals surface area contributed by atoms with Crippen LogP contribution >= 0.6 is 0 Å². The minimum atomic E-state index is -0.316. The molecular weight excluding hydrogens is 387 g/mol. The number of piperidine rings is 1. The molecule has 30 heavy (non-hydrogen) atoms. The first kappa shape index (κ1) is 20.3. The smallest absolute Gasteiger partial charge is 0.263 e. The summed E-state index contributed by atoms with van der Waals surface area (Å²) >= 11 is 0. The number of rotatable bonds is 4. The second-order valence-electron chi connectivity index (χ2n) is 8.74. The third-order valence-electron chi connectivity index (χ3n) is 5.35. The lowest BCUT2D eigenvalue weighted by atomic mass is 10.1. The topological polar surface area (TPSA) is 99.1 Å². The number of benzene rings is 1. The molecule has 0 bridgehead atoms. The van der Waals surface area contributed by atoms with Crippen molar-refractivity contribution in [2.24, 2.45) is 0 Å². The Morgan fingerprint density at radius 2 is 2.03 bits per heavy atom. The van der Waals surface area contributed by atoms with Gasteiger partial charge < -0.3 is 15.3 Å². The highest BCUT2D eigenvalue weighted by molar-refractivity contribution is 5.74. The molecule has 8 nitrogen and oxygen atoms in total. The van der Waals surface area contributed by atoms with Crippen molar-refractivity contribution in [3.05, 3.63) is 46.1 Å². The molecule has 1 aliphatic heterocycles. The lowest BCUT2D eigenvalue weighted by molar-refractivity contribution is 0.145. The van der Waals surface area contributed by atoms with Gasteiger partial charge in [0, 0.05) is 19.6 Å². The predicted octanol–water partition coefficient (Wildman–Crippen LogP) is 2.59. The average molecular weight is 414 g/mol.